The van der Waals surface area contributed by atoms with Gasteiger partial charge in [-0.1, -0.05) is 0 Å². The molecule has 17 heavy (non-hydrogen) atoms. The molecule has 0 unspecified atom stereocenters. The normalized spacial score (nSPS) is 12.3. The van der Waals surface area contributed by atoms with Crippen LogP contribution in [0.3, 0.4) is 0 Å². The van der Waals surface area contributed by atoms with Crippen molar-refractivity contribution in [3.63, 3.8) is 0 Å². The Morgan fingerprint density at radius 2 is 1.41 bits per heavy atom. The van der Waals surface area contributed by atoms with E-state index in [2.05, 4.69) is 9.97 Å². The topological polar surface area (TPSA) is 49.6 Å². The maximum absolute atomic E-state index is 12.4. The van der Waals surface area contributed by atoms with Gasteiger partial charge in [0.2, 0.25) is 0 Å². The van der Waals surface area contributed by atoms with Crippen molar-refractivity contribution in [3.8, 4) is 6.07 Å². The minimum atomic E-state index is -5.06. The minimum absolute atomic E-state index is 0.173. The number of alkyl halides is 6. The Bertz CT molecular complexity index is 424. The molecule has 0 radical (unpaired) electrons. The molecule has 0 bridgehead atoms. The lowest BCUT2D eigenvalue weighted by Gasteiger charge is -2.14. The van der Waals surface area contributed by atoms with Crippen LogP contribution in [0.5, 0.6) is 0 Å². The first-order chi connectivity index (χ1) is 7.68. The Kier molecular flexibility index (Phi) is 3.26. The van der Waals surface area contributed by atoms with Gasteiger partial charge in [0.05, 0.1) is 12.5 Å². The van der Waals surface area contributed by atoms with Crippen molar-refractivity contribution in [2.75, 3.05) is 0 Å². The van der Waals surface area contributed by atoms with Gasteiger partial charge in [-0.15, -0.1) is 0 Å². The smallest absolute Gasteiger partial charge is 0.232 e. The van der Waals surface area contributed by atoms with E-state index in [9.17, 15) is 26.3 Å². The Morgan fingerprint density at radius 1 is 1.00 bits per heavy atom. The van der Waals surface area contributed by atoms with E-state index >= 15 is 0 Å². The molecule has 0 amide bonds. The summed E-state index contributed by atoms with van der Waals surface area (Å²) in [6, 6.07) is 1.23. The van der Waals surface area contributed by atoms with E-state index in [1.54, 1.807) is 0 Å². The maximum Gasteiger partial charge on any atom is 0.433 e. The van der Waals surface area contributed by atoms with Crippen molar-refractivity contribution in [3.05, 3.63) is 23.3 Å². The first-order valence-electron chi connectivity index (χ1n) is 4.03. The highest BCUT2D eigenvalue weighted by atomic mass is 19.4. The summed E-state index contributed by atoms with van der Waals surface area (Å²) in [5.41, 5.74) is -4.72. The van der Waals surface area contributed by atoms with Crippen LogP contribution in [0.1, 0.15) is 17.0 Å². The molecule has 0 aliphatic heterocycles. The monoisotopic (exact) mass is 255 g/mol. The number of rotatable bonds is 1. The van der Waals surface area contributed by atoms with Crippen LogP contribution in [-0.2, 0) is 18.8 Å². The van der Waals surface area contributed by atoms with Crippen LogP contribution in [-0.4, -0.2) is 9.97 Å². The van der Waals surface area contributed by atoms with E-state index in [1.165, 1.54) is 6.07 Å². The SMILES string of the molecule is N#CCc1c(C(F)(F)F)ncnc1C(F)(F)F. The van der Waals surface area contributed by atoms with Crippen LogP contribution in [0.25, 0.3) is 0 Å². The van der Waals surface area contributed by atoms with E-state index < -0.39 is 35.7 Å². The zero-order valence-electron chi connectivity index (χ0n) is 7.89. The molecule has 1 rings (SSSR count). The number of halogens is 6. The summed E-state index contributed by atoms with van der Waals surface area (Å²) in [6.07, 6.45) is -11.0. The van der Waals surface area contributed by atoms with Gasteiger partial charge in [0.1, 0.15) is 6.33 Å². The number of hydrogen-bond donors (Lipinski definition) is 0. The lowest BCUT2D eigenvalue weighted by atomic mass is 10.1. The molecule has 1 aromatic rings. The third-order valence-corrected chi connectivity index (χ3v) is 1.74. The van der Waals surface area contributed by atoms with Crippen LogP contribution < -0.4 is 0 Å². The fourth-order valence-electron chi connectivity index (χ4n) is 1.15. The molecule has 0 aliphatic rings. The third-order valence-electron chi connectivity index (χ3n) is 1.74. The molecule has 3 nitrogen and oxygen atoms in total. The van der Waals surface area contributed by atoms with Crippen LogP contribution in [0, 0.1) is 11.3 Å². The predicted molar refractivity (Wildman–Crippen MR) is 41.4 cm³/mol. The summed E-state index contributed by atoms with van der Waals surface area (Å²) in [5.74, 6) is 0. The largest absolute Gasteiger partial charge is 0.433 e. The number of nitrogens with zero attached hydrogens (tertiary/aromatic N) is 3. The number of aromatic nitrogens is 2. The molecule has 0 saturated carbocycles. The molecule has 1 aromatic heterocycles. The second-order valence-corrected chi connectivity index (χ2v) is 2.88. The minimum Gasteiger partial charge on any atom is -0.232 e. The predicted octanol–water partition coefficient (Wildman–Crippen LogP) is 2.58. The van der Waals surface area contributed by atoms with Crippen LogP contribution >= 0.6 is 0 Å². The fourth-order valence-corrected chi connectivity index (χ4v) is 1.15. The third kappa shape index (κ3) is 2.83. The molecule has 0 aromatic carbocycles. The van der Waals surface area contributed by atoms with Gasteiger partial charge in [0.25, 0.3) is 0 Å². The first kappa shape index (κ1) is 13.2. The summed E-state index contributed by atoms with van der Waals surface area (Å²) in [4.78, 5) is 5.51. The van der Waals surface area contributed by atoms with Crippen molar-refractivity contribution in [2.45, 2.75) is 18.8 Å². The second kappa shape index (κ2) is 4.20. The highest BCUT2D eigenvalue weighted by molar-refractivity contribution is 5.31. The fraction of sp³-hybridized carbons (Fsp3) is 0.375. The maximum atomic E-state index is 12.4. The van der Waals surface area contributed by atoms with Gasteiger partial charge in [0.15, 0.2) is 11.4 Å². The Balaban J connectivity index is 3.50. The van der Waals surface area contributed by atoms with Gasteiger partial charge >= 0.3 is 12.4 Å². The molecule has 0 spiro atoms. The van der Waals surface area contributed by atoms with Gasteiger partial charge < -0.3 is 0 Å². The summed E-state index contributed by atoms with van der Waals surface area (Å²) >= 11 is 0. The van der Waals surface area contributed by atoms with Crippen molar-refractivity contribution in [1.82, 2.24) is 9.97 Å². The number of hydrogen-bond acceptors (Lipinski definition) is 3. The first-order valence-corrected chi connectivity index (χ1v) is 4.03. The summed E-state index contributed by atoms with van der Waals surface area (Å²) in [6.45, 7) is 0. The molecule has 1 heterocycles. The van der Waals surface area contributed by atoms with Crippen molar-refractivity contribution < 1.29 is 26.3 Å². The molecule has 0 fully saturated rings. The molecule has 92 valence electrons. The lowest BCUT2D eigenvalue weighted by molar-refractivity contribution is -0.148. The molecule has 0 saturated heterocycles. The van der Waals surface area contributed by atoms with Crippen LogP contribution in [0.4, 0.5) is 26.3 Å². The zero-order chi connectivity index (χ0) is 13.3. The van der Waals surface area contributed by atoms with Gasteiger partial charge in [-0.3, -0.25) is 0 Å². The molecular weight excluding hydrogens is 252 g/mol. The van der Waals surface area contributed by atoms with E-state index in [4.69, 9.17) is 5.26 Å². The van der Waals surface area contributed by atoms with Crippen molar-refractivity contribution in [2.24, 2.45) is 0 Å². The number of nitriles is 1. The Labute approximate surface area is 90.7 Å². The molecule has 0 aliphatic carbocycles. The second-order valence-electron chi connectivity index (χ2n) is 2.88. The average Bonchev–Trinajstić information content (AvgIpc) is 2.15. The van der Waals surface area contributed by atoms with Gasteiger partial charge in [-0.2, -0.15) is 31.6 Å². The molecule has 0 N–H and O–H groups in total. The van der Waals surface area contributed by atoms with Gasteiger partial charge in [0, 0.05) is 5.56 Å². The summed E-state index contributed by atoms with van der Waals surface area (Å²) in [7, 11) is 0. The lowest BCUT2D eigenvalue weighted by Crippen LogP contribution is -2.19. The average molecular weight is 255 g/mol. The zero-order valence-corrected chi connectivity index (χ0v) is 7.89. The molecule has 9 heteroatoms. The quantitative estimate of drug-likeness (QED) is 0.724. The molecule has 0 atom stereocenters. The summed E-state index contributed by atoms with van der Waals surface area (Å²) < 4.78 is 74.2. The van der Waals surface area contributed by atoms with E-state index in [0.29, 0.717) is 0 Å². The van der Waals surface area contributed by atoms with E-state index in [0.717, 1.165) is 0 Å². The van der Waals surface area contributed by atoms with Crippen LogP contribution in [0.2, 0.25) is 0 Å². The Hall–Kier alpha value is -1.85. The van der Waals surface area contributed by atoms with Gasteiger partial charge in [-0.05, 0) is 0 Å². The standard InChI is InChI=1S/C8H3F6N3/c9-7(10,11)5-4(1-2-15)6(8(12,13)14)17-3-16-5/h3H,1H2. The highest BCUT2D eigenvalue weighted by Gasteiger charge is 2.42. The summed E-state index contributed by atoms with van der Waals surface area (Å²) in [5, 5.41) is 8.26. The Morgan fingerprint density at radius 3 is 1.71 bits per heavy atom. The van der Waals surface area contributed by atoms with Crippen molar-refractivity contribution in [1.29, 1.82) is 5.26 Å². The van der Waals surface area contributed by atoms with Gasteiger partial charge in [-0.25, -0.2) is 9.97 Å². The van der Waals surface area contributed by atoms with Crippen LogP contribution in [0.15, 0.2) is 6.33 Å². The van der Waals surface area contributed by atoms with E-state index in [-0.39, 0.29) is 6.33 Å². The molecular formula is C8H3F6N3. The highest BCUT2D eigenvalue weighted by Crippen LogP contribution is 2.36. The van der Waals surface area contributed by atoms with E-state index in [1.807, 2.05) is 0 Å². The van der Waals surface area contributed by atoms with Crippen molar-refractivity contribution >= 4 is 0 Å².